The second-order valence-corrected chi connectivity index (χ2v) is 9.93. The third kappa shape index (κ3) is 6.80. The topological polar surface area (TPSA) is 62.2 Å². The molecule has 4 rings (SSSR count). The molecular formula is C26H31FN2O4S. The van der Waals surface area contributed by atoms with E-state index in [2.05, 4.69) is 17.4 Å². The number of nitrogens with zero attached hydrogens (tertiary/aromatic N) is 2. The number of aliphatic hydroxyl groups is 1. The molecule has 6 nitrogen and oxygen atoms in total. The number of carbonyl (C=O) groups excluding carboxylic acids is 1. The molecule has 1 N–H and O–H groups in total. The van der Waals surface area contributed by atoms with Gasteiger partial charge in [0, 0.05) is 24.5 Å². The molecule has 8 heteroatoms. The number of thiophene rings is 1. The van der Waals surface area contributed by atoms with Crippen LogP contribution in [0.4, 0.5) is 4.39 Å². The molecule has 1 amide bonds. The van der Waals surface area contributed by atoms with Crippen LogP contribution in [0.5, 0.6) is 5.75 Å². The first-order chi connectivity index (χ1) is 16.5. The minimum absolute atomic E-state index is 0.0157. The van der Waals surface area contributed by atoms with E-state index in [-0.39, 0.29) is 37.5 Å². The first kappa shape index (κ1) is 24.7. The number of halogens is 1. The fourth-order valence-corrected chi connectivity index (χ4v) is 5.26. The second kappa shape index (κ2) is 11.8. The van der Waals surface area contributed by atoms with Gasteiger partial charge in [-0.1, -0.05) is 5.92 Å². The number of rotatable bonds is 12. The summed E-state index contributed by atoms with van der Waals surface area (Å²) in [6.07, 6.45) is 7.63. The van der Waals surface area contributed by atoms with Gasteiger partial charge in [-0.3, -0.25) is 9.69 Å². The van der Waals surface area contributed by atoms with Crippen LogP contribution >= 0.6 is 11.3 Å². The summed E-state index contributed by atoms with van der Waals surface area (Å²) >= 11 is 1.70. The lowest BCUT2D eigenvalue weighted by molar-refractivity contribution is -0.136. The largest absolute Gasteiger partial charge is 0.491 e. The van der Waals surface area contributed by atoms with E-state index in [4.69, 9.17) is 15.9 Å². The van der Waals surface area contributed by atoms with Gasteiger partial charge in [-0.15, -0.1) is 17.8 Å². The van der Waals surface area contributed by atoms with Gasteiger partial charge in [-0.2, -0.15) is 0 Å². The van der Waals surface area contributed by atoms with Crippen LogP contribution in [0.2, 0.25) is 0 Å². The molecule has 2 aromatic rings. The van der Waals surface area contributed by atoms with Gasteiger partial charge in [-0.05, 0) is 66.5 Å². The third-order valence-electron chi connectivity index (χ3n) is 6.17. The summed E-state index contributed by atoms with van der Waals surface area (Å²) in [4.78, 5) is 18.7. The van der Waals surface area contributed by atoms with Crippen molar-refractivity contribution in [2.45, 2.75) is 31.4 Å². The van der Waals surface area contributed by atoms with Crippen molar-refractivity contribution in [1.29, 1.82) is 0 Å². The van der Waals surface area contributed by atoms with Crippen LogP contribution in [0.15, 0.2) is 35.7 Å². The number of carbonyl (C=O) groups is 1. The summed E-state index contributed by atoms with van der Waals surface area (Å²) in [5.41, 5.74) is 1.11. The van der Waals surface area contributed by atoms with Crippen LogP contribution < -0.4 is 4.74 Å². The van der Waals surface area contributed by atoms with Crippen LogP contribution in [0.3, 0.4) is 0 Å². The molecule has 0 bridgehead atoms. The maximum atomic E-state index is 13.5. The Hall–Kier alpha value is -2.44. The number of terminal acetylenes is 1. The van der Waals surface area contributed by atoms with Gasteiger partial charge in [0.15, 0.2) is 0 Å². The molecule has 182 valence electrons. The number of fused-ring (bicyclic) bond motifs is 1. The monoisotopic (exact) mass is 486 g/mol. The molecule has 1 saturated carbocycles. The van der Waals surface area contributed by atoms with Gasteiger partial charge in [0.2, 0.25) is 5.91 Å². The van der Waals surface area contributed by atoms with Gasteiger partial charge < -0.3 is 19.5 Å². The maximum absolute atomic E-state index is 13.5. The van der Waals surface area contributed by atoms with Crippen LogP contribution in [0.1, 0.15) is 29.3 Å². The lowest BCUT2D eigenvalue weighted by atomic mass is 10.0. The Kier molecular flexibility index (Phi) is 8.57. The first-order valence-corrected chi connectivity index (χ1v) is 12.6. The van der Waals surface area contributed by atoms with E-state index < -0.39 is 6.10 Å². The predicted molar refractivity (Wildman–Crippen MR) is 129 cm³/mol. The van der Waals surface area contributed by atoms with E-state index in [1.165, 1.54) is 17.0 Å². The molecule has 1 aromatic heterocycles. The SMILES string of the molecule is C#CCOC[C@@H](O)CN(CC(=O)N1CCc2sccc2[C@@H]1COc1ccc(F)cc1)CC1CC1. The van der Waals surface area contributed by atoms with E-state index in [9.17, 15) is 14.3 Å². The number of aliphatic hydroxyl groups excluding tert-OH is 1. The quantitative estimate of drug-likeness (QED) is 0.369. The first-order valence-electron chi connectivity index (χ1n) is 11.7. The molecule has 2 heterocycles. The highest BCUT2D eigenvalue weighted by Crippen LogP contribution is 2.34. The molecule has 1 aromatic carbocycles. The second-order valence-electron chi connectivity index (χ2n) is 8.93. The number of hydrogen-bond acceptors (Lipinski definition) is 6. The Morgan fingerprint density at radius 3 is 2.85 bits per heavy atom. The predicted octanol–water partition coefficient (Wildman–Crippen LogP) is 3.11. The zero-order valence-electron chi connectivity index (χ0n) is 19.2. The van der Waals surface area contributed by atoms with Gasteiger partial charge in [-0.25, -0.2) is 4.39 Å². The molecule has 0 spiro atoms. The van der Waals surface area contributed by atoms with E-state index in [1.807, 2.05) is 9.80 Å². The highest BCUT2D eigenvalue weighted by Gasteiger charge is 2.34. The molecule has 34 heavy (non-hydrogen) atoms. The van der Waals surface area contributed by atoms with Crippen molar-refractivity contribution < 1.29 is 23.8 Å². The summed E-state index contributed by atoms with van der Waals surface area (Å²) in [5.74, 6) is 3.24. The maximum Gasteiger partial charge on any atom is 0.237 e. The van der Waals surface area contributed by atoms with E-state index >= 15 is 0 Å². The molecule has 0 unspecified atom stereocenters. The average molecular weight is 487 g/mol. The number of ether oxygens (including phenoxy) is 2. The minimum Gasteiger partial charge on any atom is -0.491 e. The van der Waals surface area contributed by atoms with Crippen molar-refractivity contribution >= 4 is 17.2 Å². The van der Waals surface area contributed by atoms with E-state index in [1.54, 1.807) is 23.5 Å². The van der Waals surface area contributed by atoms with Crippen molar-refractivity contribution in [1.82, 2.24) is 9.80 Å². The van der Waals surface area contributed by atoms with Crippen molar-refractivity contribution in [3.05, 3.63) is 52.0 Å². The Morgan fingerprint density at radius 2 is 2.12 bits per heavy atom. The molecule has 2 atom stereocenters. The van der Waals surface area contributed by atoms with Crippen molar-refractivity contribution in [3.63, 3.8) is 0 Å². The normalized spacial score (nSPS) is 18.4. The van der Waals surface area contributed by atoms with Crippen molar-refractivity contribution in [3.8, 4) is 18.1 Å². The summed E-state index contributed by atoms with van der Waals surface area (Å²) in [6, 6.07) is 7.78. The Labute approximate surface area is 204 Å². The van der Waals surface area contributed by atoms with E-state index in [0.29, 0.717) is 31.4 Å². The van der Waals surface area contributed by atoms with Crippen molar-refractivity contribution in [2.75, 3.05) is 46.0 Å². The van der Waals surface area contributed by atoms with Crippen LogP contribution in [-0.2, 0) is 16.0 Å². The number of amides is 1. The summed E-state index contributed by atoms with van der Waals surface area (Å²) in [6.45, 7) is 2.60. The third-order valence-corrected chi connectivity index (χ3v) is 7.17. The Balaban J connectivity index is 1.42. The van der Waals surface area contributed by atoms with E-state index in [0.717, 1.165) is 31.4 Å². The summed E-state index contributed by atoms with van der Waals surface area (Å²) in [5, 5.41) is 12.4. The Bertz CT molecular complexity index is 985. The van der Waals surface area contributed by atoms with Crippen LogP contribution in [0, 0.1) is 24.1 Å². The number of benzene rings is 1. The zero-order chi connectivity index (χ0) is 23.9. The smallest absolute Gasteiger partial charge is 0.237 e. The van der Waals surface area contributed by atoms with Gasteiger partial charge >= 0.3 is 0 Å². The highest BCUT2D eigenvalue weighted by atomic mass is 32.1. The van der Waals surface area contributed by atoms with Crippen LogP contribution in [-0.4, -0.2) is 72.9 Å². The molecule has 2 aliphatic rings. The average Bonchev–Trinajstić information content (AvgIpc) is 3.50. The van der Waals surface area contributed by atoms with Gasteiger partial charge in [0.1, 0.15) is 24.8 Å². The summed E-state index contributed by atoms with van der Waals surface area (Å²) < 4.78 is 24.5. The Morgan fingerprint density at radius 1 is 1.32 bits per heavy atom. The van der Waals surface area contributed by atoms with Gasteiger partial charge in [0.05, 0.1) is 25.3 Å². The molecule has 1 fully saturated rings. The fourth-order valence-electron chi connectivity index (χ4n) is 4.34. The molecule has 1 aliphatic heterocycles. The number of hydrogen-bond donors (Lipinski definition) is 1. The summed E-state index contributed by atoms with van der Waals surface area (Å²) in [7, 11) is 0. The molecule has 0 saturated heterocycles. The highest BCUT2D eigenvalue weighted by molar-refractivity contribution is 7.10. The lowest BCUT2D eigenvalue weighted by Gasteiger charge is -2.37. The standard InChI is InChI=1S/C26H31FN2O4S/c1-2-12-32-17-21(30)15-28(14-19-3-4-19)16-26(31)29-11-9-25-23(10-13-34-25)24(29)18-33-22-7-5-20(27)6-8-22/h1,5-8,10,13,19,21,24,30H,3-4,9,11-12,14-18H2/t21-,24-/m0/s1. The van der Waals surface area contributed by atoms with Crippen LogP contribution in [0.25, 0.3) is 0 Å². The molecular weight excluding hydrogens is 455 g/mol. The fraction of sp³-hybridized carbons (Fsp3) is 0.500. The van der Waals surface area contributed by atoms with Gasteiger partial charge in [0.25, 0.3) is 0 Å². The zero-order valence-corrected chi connectivity index (χ0v) is 20.0. The molecule has 1 aliphatic carbocycles. The molecule has 0 radical (unpaired) electrons. The van der Waals surface area contributed by atoms with Crippen molar-refractivity contribution in [2.24, 2.45) is 5.92 Å². The minimum atomic E-state index is -0.706. The lowest BCUT2D eigenvalue weighted by Crippen LogP contribution is -2.48.